The van der Waals surface area contributed by atoms with E-state index >= 15 is 0 Å². The predicted molar refractivity (Wildman–Crippen MR) is 77.7 cm³/mol. The molecule has 0 spiro atoms. The number of pyridine rings is 1. The minimum absolute atomic E-state index is 0.166. The van der Waals surface area contributed by atoms with Crippen LogP contribution in [0.2, 0.25) is 10.0 Å². The number of halogens is 5. The van der Waals surface area contributed by atoms with Crippen LogP contribution in [0.15, 0.2) is 18.2 Å². The van der Waals surface area contributed by atoms with Crippen LogP contribution < -0.4 is 10.5 Å². The molecule has 0 unspecified atom stereocenters. The van der Waals surface area contributed by atoms with E-state index in [2.05, 4.69) is 9.72 Å². The highest BCUT2D eigenvalue weighted by Gasteiger charge is 2.23. The Hall–Kier alpha value is -2.19. The molecule has 1 aromatic heterocycles. The van der Waals surface area contributed by atoms with Crippen molar-refractivity contribution in [2.75, 3.05) is 5.73 Å². The number of anilines is 1. The van der Waals surface area contributed by atoms with Gasteiger partial charge in [-0.3, -0.25) is 0 Å². The summed E-state index contributed by atoms with van der Waals surface area (Å²) in [6, 6.07) is 3.26. The summed E-state index contributed by atoms with van der Waals surface area (Å²) in [4.78, 5) is 14.3. The number of hydrogen-bond acceptors (Lipinski definition) is 4. The molecule has 5 nitrogen and oxygen atoms in total. The van der Waals surface area contributed by atoms with Gasteiger partial charge in [0.15, 0.2) is 0 Å². The average molecular weight is 367 g/mol. The monoisotopic (exact) mass is 366 g/mol. The van der Waals surface area contributed by atoms with Crippen molar-refractivity contribution in [2.45, 2.75) is 6.43 Å². The van der Waals surface area contributed by atoms with Gasteiger partial charge in [0.25, 0.3) is 6.43 Å². The third-order valence-corrected chi connectivity index (χ3v) is 3.47. The van der Waals surface area contributed by atoms with Gasteiger partial charge in [0, 0.05) is 5.56 Å². The van der Waals surface area contributed by atoms with Crippen LogP contribution in [-0.4, -0.2) is 16.2 Å². The smallest absolute Gasteiger partial charge is 0.449 e. The third-order valence-electron chi connectivity index (χ3n) is 2.76. The summed E-state index contributed by atoms with van der Waals surface area (Å²) < 4.78 is 44.4. The van der Waals surface area contributed by atoms with Crippen LogP contribution in [0, 0.1) is 5.82 Å². The second-order valence-electron chi connectivity index (χ2n) is 4.21. The molecule has 0 bridgehead atoms. The fraction of sp³-hybridized carbons (Fsp3) is 0.0769. The molecule has 0 aliphatic carbocycles. The van der Waals surface area contributed by atoms with Crippen LogP contribution >= 0.6 is 23.2 Å². The number of ether oxygens (including phenoxy) is 1. The second-order valence-corrected chi connectivity index (χ2v) is 4.99. The highest BCUT2D eigenvalue weighted by molar-refractivity contribution is 6.34. The SMILES string of the molecule is Nc1cc(-c2ccc(Cl)c(C(F)F)c2F)nc(OC(=O)O)c1Cl. The highest BCUT2D eigenvalue weighted by Crippen LogP contribution is 2.38. The highest BCUT2D eigenvalue weighted by atomic mass is 35.5. The van der Waals surface area contributed by atoms with Crippen molar-refractivity contribution in [2.24, 2.45) is 0 Å². The largest absolute Gasteiger partial charge is 0.512 e. The van der Waals surface area contributed by atoms with Crippen molar-refractivity contribution in [1.82, 2.24) is 4.98 Å². The number of nitrogens with two attached hydrogens (primary N) is 1. The van der Waals surface area contributed by atoms with E-state index in [0.717, 1.165) is 18.2 Å². The molecule has 10 heteroatoms. The van der Waals surface area contributed by atoms with E-state index in [1.807, 2.05) is 0 Å². The van der Waals surface area contributed by atoms with E-state index in [4.69, 9.17) is 34.0 Å². The maximum Gasteiger partial charge on any atom is 0.512 e. The van der Waals surface area contributed by atoms with E-state index in [-0.39, 0.29) is 22.0 Å². The van der Waals surface area contributed by atoms with Crippen molar-refractivity contribution >= 4 is 35.0 Å². The van der Waals surface area contributed by atoms with Crippen LogP contribution in [-0.2, 0) is 0 Å². The molecule has 2 aromatic rings. The third kappa shape index (κ3) is 3.43. The molecular formula is C13H7Cl2F3N2O3. The first-order valence-corrected chi connectivity index (χ1v) is 6.61. The molecular weight excluding hydrogens is 360 g/mol. The molecule has 3 N–H and O–H groups in total. The van der Waals surface area contributed by atoms with Gasteiger partial charge in [-0.15, -0.1) is 0 Å². The van der Waals surface area contributed by atoms with Crippen molar-refractivity contribution in [3.05, 3.63) is 39.6 Å². The van der Waals surface area contributed by atoms with E-state index in [0.29, 0.717) is 0 Å². The minimum atomic E-state index is -3.15. The normalized spacial score (nSPS) is 10.9. The van der Waals surface area contributed by atoms with Crippen molar-refractivity contribution in [3.63, 3.8) is 0 Å². The fourth-order valence-corrected chi connectivity index (χ4v) is 2.14. The van der Waals surface area contributed by atoms with E-state index in [1.165, 1.54) is 0 Å². The van der Waals surface area contributed by atoms with E-state index < -0.39 is 34.9 Å². The second kappa shape index (κ2) is 6.51. The van der Waals surface area contributed by atoms with Crippen molar-refractivity contribution < 1.29 is 27.8 Å². The number of hydrogen-bond donors (Lipinski definition) is 2. The first-order chi connectivity index (χ1) is 10.7. The number of carbonyl (C=O) groups is 1. The summed E-state index contributed by atoms with van der Waals surface area (Å²) in [7, 11) is 0. The van der Waals surface area contributed by atoms with Gasteiger partial charge in [-0.25, -0.2) is 22.9 Å². The molecule has 1 aromatic carbocycles. The average Bonchev–Trinajstić information content (AvgIpc) is 2.43. The van der Waals surface area contributed by atoms with Crippen LogP contribution in [0.4, 0.5) is 23.7 Å². The molecule has 2 rings (SSSR count). The summed E-state index contributed by atoms with van der Waals surface area (Å²) in [5.41, 5.74) is 3.81. The number of benzene rings is 1. The molecule has 0 aliphatic rings. The van der Waals surface area contributed by atoms with E-state index in [1.54, 1.807) is 0 Å². The topological polar surface area (TPSA) is 85.4 Å². The van der Waals surface area contributed by atoms with Gasteiger partial charge in [-0.2, -0.15) is 0 Å². The molecule has 0 amide bonds. The van der Waals surface area contributed by atoms with Crippen molar-refractivity contribution in [3.8, 4) is 17.1 Å². The zero-order chi connectivity index (χ0) is 17.3. The predicted octanol–water partition coefficient (Wildman–Crippen LogP) is 4.77. The Kier molecular flexibility index (Phi) is 4.86. The summed E-state index contributed by atoms with van der Waals surface area (Å²) in [5.74, 6) is -1.90. The Labute approximate surface area is 137 Å². The fourth-order valence-electron chi connectivity index (χ4n) is 1.78. The lowest BCUT2D eigenvalue weighted by Gasteiger charge is -2.12. The lowest BCUT2D eigenvalue weighted by molar-refractivity contribution is 0.142. The molecule has 0 aliphatic heterocycles. The van der Waals surface area contributed by atoms with Crippen LogP contribution in [0.1, 0.15) is 12.0 Å². The summed E-state index contributed by atoms with van der Waals surface area (Å²) in [6.45, 7) is 0. The number of nitrogen functional groups attached to an aromatic ring is 1. The molecule has 0 saturated carbocycles. The summed E-state index contributed by atoms with van der Waals surface area (Å²) >= 11 is 11.3. The number of aromatic nitrogens is 1. The first kappa shape index (κ1) is 17.2. The number of alkyl halides is 2. The summed E-state index contributed by atoms with van der Waals surface area (Å²) in [6.07, 6.45) is -4.87. The zero-order valence-electron chi connectivity index (χ0n) is 11.0. The van der Waals surface area contributed by atoms with Crippen LogP contribution in [0.3, 0.4) is 0 Å². The molecule has 1 heterocycles. The molecule has 0 fully saturated rings. The van der Waals surface area contributed by atoms with Gasteiger partial charge in [0.1, 0.15) is 10.8 Å². The lowest BCUT2D eigenvalue weighted by atomic mass is 10.1. The summed E-state index contributed by atoms with van der Waals surface area (Å²) in [5, 5.41) is 7.84. The zero-order valence-corrected chi connectivity index (χ0v) is 12.5. The molecule has 0 radical (unpaired) electrons. The lowest BCUT2D eigenvalue weighted by Crippen LogP contribution is -2.07. The maximum absolute atomic E-state index is 14.3. The number of rotatable bonds is 3. The van der Waals surface area contributed by atoms with Gasteiger partial charge in [-0.1, -0.05) is 23.2 Å². The van der Waals surface area contributed by atoms with Gasteiger partial charge in [0.2, 0.25) is 5.88 Å². The minimum Gasteiger partial charge on any atom is -0.449 e. The Morgan fingerprint density at radius 1 is 1.35 bits per heavy atom. The standard InChI is InChI=1S/C13H7Cl2F3N2O3/c14-5-2-1-4(10(16)8(5)11(17)18)7-3-6(19)9(15)12(20-7)23-13(21)22/h1-3,11H,(H2,19,20)(H,21,22). The van der Waals surface area contributed by atoms with Gasteiger partial charge < -0.3 is 15.6 Å². The number of carboxylic acid groups (broad SMARTS) is 1. The maximum atomic E-state index is 14.3. The Balaban J connectivity index is 2.65. The molecule has 23 heavy (non-hydrogen) atoms. The molecule has 122 valence electrons. The van der Waals surface area contributed by atoms with Gasteiger partial charge in [-0.05, 0) is 18.2 Å². The van der Waals surface area contributed by atoms with Gasteiger partial charge >= 0.3 is 6.16 Å². The molecule has 0 saturated heterocycles. The number of nitrogens with zero attached hydrogens (tertiary/aromatic N) is 1. The van der Waals surface area contributed by atoms with Crippen LogP contribution in [0.5, 0.6) is 5.88 Å². The van der Waals surface area contributed by atoms with E-state index in [9.17, 15) is 18.0 Å². The van der Waals surface area contributed by atoms with Gasteiger partial charge in [0.05, 0.1) is 22.0 Å². The van der Waals surface area contributed by atoms with Crippen LogP contribution in [0.25, 0.3) is 11.3 Å². The Morgan fingerprint density at radius 3 is 2.57 bits per heavy atom. The Morgan fingerprint density at radius 2 is 2.00 bits per heavy atom. The van der Waals surface area contributed by atoms with Crippen molar-refractivity contribution in [1.29, 1.82) is 0 Å². The quantitative estimate of drug-likeness (QED) is 0.764. The Bertz CT molecular complexity index is 788. The first-order valence-electron chi connectivity index (χ1n) is 5.85. The molecule has 0 atom stereocenters.